The quantitative estimate of drug-likeness (QED) is 0.606. The number of nitrogens with zero attached hydrogens (tertiary/aromatic N) is 2. The van der Waals surface area contributed by atoms with Crippen LogP contribution in [-0.2, 0) is 0 Å². The average molecular weight is 250 g/mol. The van der Waals surface area contributed by atoms with Gasteiger partial charge in [-0.3, -0.25) is 10.1 Å². The van der Waals surface area contributed by atoms with Crippen molar-refractivity contribution >= 4 is 23.4 Å². The zero-order chi connectivity index (χ0) is 13.1. The van der Waals surface area contributed by atoms with Gasteiger partial charge in [-0.25, -0.2) is 14.5 Å². The van der Waals surface area contributed by atoms with Crippen molar-refractivity contribution in [2.24, 2.45) is 0 Å². The van der Waals surface area contributed by atoms with Gasteiger partial charge in [0.15, 0.2) is 0 Å². The predicted molar refractivity (Wildman–Crippen MR) is 62.2 cm³/mol. The fourth-order valence-electron chi connectivity index (χ4n) is 1.59. The first-order valence-electron chi connectivity index (χ1n) is 5.19. The summed E-state index contributed by atoms with van der Waals surface area (Å²) >= 11 is 0. The van der Waals surface area contributed by atoms with Crippen molar-refractivity contribution < 1.29 is 14.5 Å². The van der Waals surface area contributed by atoms with E-state index in [1.165, 1.54) is 18.2 Å². The van der Waals surface area contributed by atoms with Crippen LogP contribution in [0.5, 0.6) is 0 Å². The molecule has 2 rings (SSSR count). The average Bonchev–Trinajstić information content (AvgIpc) is 2.76. The zero-order valence-electron chi connectivity index (χ0n) is 9.25. The Balaban J connectivity index is 2.16. The van der Waals surface area contributed by atoms with E-state index in [1.54, 1.807) is 6.07 Å². The van der Waals surface area contributed by atoms with Crippen LogP contribution in [-0.4, -0.2) is 35.0 Å². The molecule has 1 aromatic rings. The molecule has 0 saturated carbocycles. The van der Waals surface area contributed by atoms with Gasteiger partial charge in [-0.15, -0.1) is 0 Å². The monoisotopic (exact) mass is 250 g/mol. The van der Waals surface area contributed by atoms with Gasteiger partial charge < -0.3 is 10.6 Å². The molecule has 1 heterocycles. The molecule has 0 radical (unpaired) electrons. The molecule has 1 aromatic carbocycles. The molecule has 1 saturated heterocycles. The van der Waals surface area contributed by atoms with Crippen molar-refractivity contribution in [3.63, 3.8) is 0 Å². The second-order valence-corrected chi connectivity index (χ2v) is 3.59. The highest BCUT2D eigenvalue weighted by Gasteiger charge is 2.27. The van der Waals surface area contributed by atoms with Crippen LogP contribution in [0.3, 0.4) is 0 Å². The molecule has 1 aliphatic rings. The minimum Gasteiger partial charge on any atom is -0.336 e. The fraction of sp³-hybridized carbons (Fsp3) is 0.200. The number of amides is 4. The summed E-state index contributed by atoms with van der Waals surface area (Å²) in [5.41, 5.74) is -0.155. The Labute approximate surface area is 102 Å². The Bertz CT molecular complexity index is 516. The zero-order valence-corrected chi connectivity index (χ0v) is 9.25. The normalized spacial score (nSPS) is 14.2. The molecule has 8 heteroatoms. The van der Waals surface area contributed by atoms with Gasteiger partial charge in [-0.05, 0) is 6.07 Å². The van der Waals surface area contributed by atoms with Crippen molar-refractivity contribution in [2.75, 3.05) is 18.4 Å². The van der Waals surface area contributed by atoms with E-state index in [2.05, 4.69) is 10.6 Å². The molecular weight excluding hydrogens is 240 g/mol. The molecule has 8 nitrogen and oxygen atoms in total. The lowest BCUT2D eigenvalue weighted by Gasteiger charge is -2.13. The standard InChI is InChI=1S/C10H10N4O4/c15-9-11-5-6-13(9)10(16)12-7-3-1-2-4-8(7)14(17)18/h1-4H,5-6H2,(H,11,15)(H,12,16). The van der Waals surface area contributed by atoms with Crippen molar-refractivity contribution in [3.05, 3.63) is 34.4 Å². The van der Waals surface area contributed by atoms with E-state index < -0.39 is 17.0 Å². The molecule has 0 bridgehead atoms. The smallest absolute Gasteiger partial charge is 0.330 e. The van der Waals surface area contributed by atoms with Gasteiger partial charge >= 0.3 is 12.1 Å². The van der Waals surface area contributed by atoms with Gasteiger partial charge in [0.05, 0.1) is 4.92 Å². The van der Waals surface area contributed by atoms with Crippen LogP contribution >= 0.6 is 0 Å². The number of nitrogens with one attached hydrogen (secondary N) is 2. The van der Waals surface area contributed by atoms with E-state index in [4.69, 9.17) is 0 Å². The predicted octanol–water partition coefficient (Wildman–Crippen LogP) is 1.15. The summed E-state index contributed by atoms with van der Waals surface area (Å²) in [6.07, 6.45) is 0. The van der Waals surface area contributed by atoms with Crippen LogP contribution in [0, 0.1) is 10.1 Å². The molecule has 1 aliphatic heterocycles. The number of rotatable bonds is 2. The highest BCUT2D eigenvalue weighted by atomic mass is 16.6. The Morgan fingerprint density at radius 3 is 2.78 bits per heavy atom. The largest absolute Gasteiger partial charge is 0.336 e. The molecule has 4 amide bonds. The van der Waals surface area contributed by atoms with Gasteiger partial charge in [0, 0.05) is 19.2 Å². The fourth-order valence-corrected chi connectivity index (χ4v) is 1.59. The number of anilines is 1. The summed E-state index contributed by atoms with van der Waals surface area (Å²) in [5, 5.41) is 15.6. The number of carbonyl (C=O) groups is 2. The summed E-state index contributed by atoms with van der Waals surface area (Å²) in [6, 6.07) is 4.55. The molecule has 0 aliphatic carbocycles. The number of hydrogen-bond acceptors (Lipinski definition) is 4. The third-order valence-electron chi connectivity index (χ3n) is 2.44. The highest BCUT2D eigenvalue weighted by molar-refractivity contribution is 6.02. The Hall–Kier alpha value is -2.64. The molecule has 18 heavy (non-hydrogen) atoms. The Morgan fingerprint density at radius 1 is 1.44 bits per heavy atom. The van der Waals surface area contributed by atoms with Crippen LogP contribution < -0.4 is 10.6 Å². The first-order chi connectivity index (χ1) is 8.59. The maximum absolute atomic E-state index is 11.7. The molecule has 0 aromatic heterocycles. The molecule has 1 fully saturated rings. The third kappa shape index (κ3) is 2.21. The molecular formula is C10H10N4O4. The van der Waals surface area contributed by atoms with Gasteiger partial charge in [-0.2, -0.15) is 0 Å². The first-order valence-corrected chi connectivity index (χ1v) is 5.19. The Kier molecular flexibility index (Phi) is 3.09. The van der Waals surface area contributed by atoms with Gasteiger partial charge in [0.1, 0.15) is 5.69 Å². The number of carbonyl (C=O) groups excluding carboxylic acids is 2. The summed E-state index contributed by atoms with van der Waals surface area (Å²) in [4.78, 5) is 34.1. The number of imide groups is 1. The van der Waals surface area contributed by atoms with Gasteiger partial charge in [0.25, 0.3) is 5.69 Å². The second kappa shape index (κ2) is 4.70. The molecule has 2 N–H and O–H groups in total. The topological polar surface area (TPSA) is 105 Å². The molecule has 0 spiro atoms. The van der Waals surface area contributed by atoms with Crippen molar-refractivity contribution in [1.82, 2.24) is 10.2 Å². The number of hydrogen-bond donors (Lipinski definition) is 2. The lowest BCUT2D eigenvalue weighted by Crippen LogP contribution is -2.37. The van der Waals surface area contributed by atoms with Crippen LogP contribution in [0.1, 0.15) is 0 Å². The van der Waals surface area contributed by atoms with Gasteiger partial charge in [0.2, 0.25) is 0 Å². The number of urea groups is 2. The maximum atomic E-state index is 11.7. The van der Waals surface area contributed by atoms with E-state index in [-0.39, 0.29) is 17.9 Å². The van der Waals surface area contributed by atoms with Crippen LogP contribution in [0.25, 0.3) is 0 Å². The second-order valence-electron chi connectivity index (χ2n) is 3.59. The first kappa shape index (κ1) is 11.8. The summed E-state index contributed by atoms with van der Waals surface area (Å²) in [6.45, 7) is 0.619. The van der Waals surface area contributed by atoms with Crippen LogP contribution in [0.4, 0.5) is 21.0 Å². The van der Waals surface area contributed by atoms with E-state index in [9.17, 15) is 19.7 Å². The lowest BCUT2D eigenvalue weighted by atomic mass is 10.3. The summed E-state index contributed by atoms with van der Waals surface area (Å²) < 4.78 is 0. The highest BCUT2D eigenvalue weighted by Crippen LogP contribution is 2.23. The molecule has 0 unspecified atom stereocenters. The van der Waals surface area contributed by atoms with Crippen LogP contribution in [0.15, 0.2) is 24.3 Å². The SMILES string of the molecule is O=C1NCCN1C(=O)Nc1ccccc1[N+](=O)[O-]. The molecule has 94 valence electrons. The minimum atomic E-state index is -0.681. The van der Waals surface area contributed by atoms with E-state index in [0.29, 0.717) is 6.54 Å². The van der Waals surface area contributed by atoms with E-state index >= 15 is 0 Å². The number of para-hydroxylation sites is 2. The van der Waals surface area contributed by atoms with E-state index in [1.807, 2.05) is 0 Å². The van der Waals surface area contributed by atoms with E-state index in [0.717, 1.165) is 4.90 Å². The van der Waals surface area contributed by atoms with Crippen LogP contribution in [0.2, 0.25) is 0 Å². The maximum Gasteiger partial charge on any atom is 0.330 e. The minimum absolute atomic E-state index is 0.0622. The number of nitro groups is 1. The lowest BCUT2D eigenvalue weighted by molar-refractivity contribution is -0.383. The summed E-state index contributed by atoms with van der Waals surface area (Å²) in [7, 11) is 0. The summed E-state index contributed by atoms with van der Waals surface area (Å²) in [5.74, 6) is 0. The molecule has 0 atom stereocenters. The number of benzene rings is 1. The number of nitro benzene ring substituents is 1. The van der Waals surface area contributed by atoms with Crippen molar-refractivity contribution in [2.45, 2.75) is 0 Å². The third-order valence-corrected chi connectivity index (χ3v) is 2.44. The van der Waals surface area contributed by atoms with Crippen molar-refractivity contribution in [1.29, 1.82) is 0 Å². The van der Waals surface area contributed by atoms with Crippen molar-refractivity contribution in [3.8, 4) is 0 Å². The van der Waals surface area contributed by atoms with Gasteiger partial charge in [-0.1, -0.05) is 12.1 Å². The Morgan fingerprint density at radius 2 is 2.17 bits per heavy atom.